The standard InChI is InChI=1S/C10H8BrClOS/c1-13-10-6-2-3-14-9(6)4-8(12)7(10)5-11/h2-4H,5H2,1H3. The van der Waals surface area contributed by atoms with Crippen molar-refractivity contribution >= 4 is 49.0 Å². The van der Waals surface area contributed by atoms with Crippen molar-refractivity contribution in [2.24, 2.45) is 0 Å². The van der Waals surface area contributed by atoms with Crippen LogP contribution in [0.25, 0.3) is 10.1 Å². The van der Waals surface area contributed by atoms with Gasteiger partial charge in [-0.2, -0.15) is 0 Å². The first kappa shape index (κ1) is 10.3. The van der Waals surface area contributed by atoms with Gasteiger partial charge in [-0.25, -0.2) is 0 Å². The van der Waals surface area contributed by atoms with E-state index in [4.69, 9.17) is 16.3 Å². The highest BCUT2D eigenvalue weighted by molar-refractivity contribution is 9.08. The Labute approximate surface area is 99.8 Å². The van der Waals surface area contributed by atoms with Crippen molar-refractivity contribution in [1.82, 2.24) is 0 Å². The van der Waals surface area contributed by atoms with Crippen LogP contribution >= 0.6 is 38.9 Å². The third-order valence-electron chi connectivity index (χ3n) is 2.10. The highest BCUT2D eigenvalue weighted by atomic mass is 79.9. The number of fused-ring (bicyclic) bond motifs is 1. The maximum atomic E-state index is 6.14. The zero-order chi connectivity index (χ0) is 10.1. The van der Waals surface area contributed by atoms with E-state index in [1.165, 1.54) is 0 Å². The van der Waals surface area contributed by atoms with E-state index in [0.29, 0.717) is 5.33 Å². The zero-order valence-corrected chi connectivity index (χ0v) is 10.7. The van der Waals surface area contributed by atoms with Gasteiger partial charge in [0, 0.05) is 26.0 Å². The number of methoxy groups -OCH3 is 1. The largest absolute Gasteiger partial charge is 0.496 e. The molecule has 0 fully saturated rings. The van der Waals surface area contributed by atoms with E-state index in [0.717, 1.165) is 26.4 Å². The molecule has 0 aliphatic carbocycles. The molecule has 0 unspecified atom stereocenters. The van der Waals surface area contributed by atoms with Gasteiger partial charge in [-0.05, 0) is 17.5 Å². The van der Waals surface area contributed by atoms with Crippen molar-refractivity contribution in [3.63, 3.8) is 0 Å². The van der Waals surface area contributed by atoms with Gasteiger partial charge in [0.15, 0.2) is 0 Å². The van der Waals surface area contributed by atoms with E-state index in [1.807, 2.05) is 11.4 Å². The molecule has 0 saturated carbocycles. The van der Waals surface area contributed by atoms with Crippen molar-refractivity contribution in [2.75, 3.05) is 7.11 Å². The molecule has 0 aliphatic rings. The van der Waals surface area contributed by atoms with E-state index >= 15 is 0 Å². The molecule has 1 aromatic heterocycles. The Morgan fingerprint density at radius 3 is 3.00 bits per heavy atom. The van der Waals surface area contributed by atoms with Crippen LogP contribution in [0.3, 0.4) is 0 Å². The van der Waals surface area contributed by atoms with Crippen LogP contribution in [0.5, 0.6) is 5.75 Å². The van der Waals surface area contributed by atoms with E-state index in [-0.39, 0.29) is 0 Å². The summed E-state index contributed by atoms with van der Waals surface area (Å²) in [6.07, 6.45) is 0. The molecule has 1 nitrogen and oxygen atoms in total. The summed E-state index contributed by atoms with van der Waals surface area (Å²) < 4.78 is 6.54. The molecule has 0 bridgehead atoms. The summed E-state index contributed by atoms with van der Waals surface area (Å²) in [5.41, 5.74) is 1.01. The van der Waals surface area contributed by atoms with Crippen LogP contribution in [0.2, 0.25) is 5.02 Å². The lowest BCUT2D eigenvalue weighted by atomic mass is 10.1. The van der Waals surface area contributed by atoms with E-state index in [1.54, 1.807) is 18.4 Å². The average Bonchev–Trinajstić information content (AvgIpc) is 2.62. The van der Waals surface area contributed by atoms with Gasteiger partial charge in [-0.3, -0.25) is 0 Å². The molecule has 0 atom stereocenters. The molecule has 0 spiro atoms. The van der Waals surface area contributed by atoms with Crippen LogP contribution in [0.15, 0.2) is 17.5 Å². The molecular formula is C10H8BrClOS. The summed E-state index contributed by atoms with van der Waals surface area (Å²) in [6, 6.07) is 4.04. The van der Waals surface area contributed by atoms with Crippen LogP contribution in [0.1, 0.15) is 5.56 Å². The molecule has 0 aliphatic heterocycles. The fourth-order valence-corrected chi connectivity index (χ4v) is 3.32. The Morgan fingerprint density at radius 2 is 2.36 bits per heavy atom. The number of rotatable bonds is 2. The van der Waals surface area contributed by atoms with Gasteiger partial charge in [0.1, 0.15) is 5.75 Å². The highest BCUT2D eigenvalue weighted by Crippen LogP contribution is 2.38. The lowest BCUT2D eigenvalue weighted by Gasteiger charge is -2.09. The highest BCUT2D eigenvalue weighted by Gasteiger charge is 2.12. The Morgan fingerprint density at radius 1 is 1.57 bits per heavy atom. The number of alkyl halides is 1. The van der Waals surface area contributed by atoms with Gasteiger partial charge in [-0.1, -0.05) is 27.5 Å². The van der Waals surface area contributed by atoms with Crippen LogP contribution in [0.4, 0.5) is 0 Å². The third kappa shape index (κ3) is 1.53. The molecule has 1 heterocycles. The van der Waals surface area contributed by atoms with Crippen LogP contribution < -0.4 is 4.74 Å². The normalized spacial score (nSPS) is 10.8. The van der Waals surface area contributed by atoms with Crippen molar-refractivity contribution in [1.29, 1.82) is 0 Å². The molecule has 0 N–H and O–H groups in total. The summed E-state index contributed by atoms with van der Waals surface area (Å²) in [4.78, 5) is 0. The Kier molecular flexibility index (Phi) is 3.00. The smallest absolute Gasteiger partial charge is 0.133 e. The number of thiophene rings is 1. The average molecular weight is 292 g/mol. The number of hydrogen-bond donors (Lipinski definition) is 0. The summed E-state index contributed by atoms with van der Waals surface area (Å²) in [5, 5.41) is 4.65. The Hall–Kier alpha value is -0.250. The second-order valence-corrected chi connectivity index (χ2v) is 4.75. The van der Waals surface area contributed by atoms with E-state index in [9.17, 15) is 0 Å². The summed E-state index contributed by atoms with van der Waals surface area (Å²) in [7, 11) is 1.68. The minimum Gasteiger partial charge on any atom is -0.496 e. The lowest BCUT2D eigenvalue weighted by Crippen LogP contribution is -1.90. The Bertz CT molecular complexity index is 466. The molecule has 14 heavy (non-hydrogen) atoms. The molecule has 2 aromatic rings. The molecule has 2 rings (SSSR count). The summed E-state index contributed by atoms with van der Waals surface area (Å²) in [6.45, 7) is 0. The predicted molar refractivity (Wildman–Crippen MR) is 66.0 cm³/mol. The number of benzene rings is 1. The van der Waals surface area contributed by atoms with Gasteiger partial charge >= 0.3 is 0 Å². The first-order valence-electron chi connectivity index (χ1n) is 4.06. The SMILES string of the molecule is COc1c(CBr)c(Cl)cc2sccc12. The van der Waals surface area contributed by atoms with Gasteiger partial charge in [0.25, 0.3) is 0 Å². The number of halogens is 2. The molecule has 0 radical (unpaired) electrons. The van der Waals surface area contributed by atoms with Crippen molar-refractivity contribution in [3.8, 4) is 5.75 Å². The van der Waals surface area contributed by atoms with Crippen LogP contribution in [-0.4, -0.2) is 7.11 Å². The van der Waals surface area contributed by atoms with Crippen LogP contribution in [0, 0.1) is 0 Å². The molecule has 4 heteroatoms. The fourth-order valence-electron chi connectivity index (χ4n) is 1.45. The minimum atomic E-state index is 0.709. The number of hydrogen-bond acceptors (Lipinski definition) is 2. The molecule has 0 saturated heterocycles. The van der Waals surface area contributed by atoms with Crippen molar-refractivity contribution in [3.05, 3.63) is 28.1 Å². The first-order chi connectivity index (χ1) is 6.77. The first-order valence-corrected chi connectivity index (χ1v) is 6.44. The molecule has 74 valence electrons. The van der Waals surface area contributed by atoms with Crippen LogP contribution in [-0.2, 0) is 5.33 Å². The number of ether oxygens (including phenoxy) is 1. The van der Waals surface area contributed by atoms with Gasteiger partial charge in [0.05, 0.1) is 7.11 Å². The van der Waals surface area contributed by atoms with Crippen molar-refractivity contribution < 1.29 is 4.74 Å². The Balaban J connectivity index is 2.82. The molecule has 1 aromatic carbocycles. The lowest BCUT2D eigenvalue weighted by molar-refractivity contribution is 0.416. The quantitative estimate of drug-likeness (QED) is 0.742. The fraction of sp³-hybridized carbons (Fsp3) is 0.200. The monoisotopic (exact) mass is 290 g/mol. The topological polar surface area (TPSA) is 9.23 Å². The zero-order valence-electron chi connectivity index (χ0n) is 7.51. The maximum absolute atomic E-state index is 6.14. The van der Waals surface area contributed by atoms with E-state index in [2.05, 4.69) is 22.0 Å². The second kappa shape index (κ2) is 4.09. The summed E-state index contributed by atoms with van der Waals surface area (Å²) >= 11 is 11.2. The van der Waals surface area contributed by atoms with Crippen molar-refractivity contribution in [2.45, 2.75) is 5.33 Å². The molecular weight excluding hydrogens is 284 g/mol. The second-order valence-electron chi connectivity index (χ2n) is 2.84. The predicted octanol–water partition coefficient (Wildman–Crippen LogP) is 4.46. The van der Waals surface area contributed by atoms with E-state index < -0.39 is 0 Å². The van der Waals surface area contributed by atoms with Gasteiger partial charge < -0.3 is 4.74 Å². The third-order valence-corrected chi connectivity index (χ3v) is 3.86. The minimum absolute atomic E-state index is 0.709. The summed E-state index contributed by atoms with van der Waals surface area (Å²) in [5.74, 6) is 0.880. The molecule has 0 amide bonds. The van der Waals surface area contributed by atoms with Gasteiger partial charge in [0.2, 0.25) is 0 Å². The van der Waals surface area contributed by atoms with Gasteiger partial charge in [-0.15, -0.1) is 11.3 Å². The maximum Gasteiger partial charge on any atom is 0.133 e.